The first-order chi connectivity index (χ1) is 14.8. The van der Waals surface area contributed by atoms with Crippen LogP contribution in [-0.4, -0.2) is 27.6 Å². The number of nitrogens with one attached hydrogen (secondary N) is 1. The lowest BCUT2D eigenvalue weighted by atomic mass is 9.90. The summed E-state index contributed by atoms with van der Waals surface area (Å²) in [5.74, 6) is 2.74. The Morgan fingerprint density at radius 3 is 2.97 bits per heavy atom. The molecule has 1 N–H and O–H groups in total. The Balaban J connectivity index is 1.24. The largest absolute Gasteiger partial charge is 0.489 e. The molecule has 1 aliphatic carbocycles. The van der Waals surface area contributed by atoms with Crippen LogP contribution in [0, 0.1) is 5.92 Å². The van der Waals surface area contributed by atoms with E-state index in [1.54, 1.807) is 17.5 Å². The lowest BCUT2D eigenvalue weighted by molar-refractivity contribution is -0.116. The van der Waals surface area contributed by atoms with Gasteiger partial charge in [0, 0.05) is 19.0 Å². The van der Waals surface area contributed by atoms with Crippen molar-refractivity contribution >= 4 is 23.1 Å². The third-order valence-corrected chi connectivity index (χ3v) is 6.10. The van der Waals surface area contributed by atoms with Gasteiger partial charge in [0.2, 0.25) is 17.6 Å². The Bertz CT molecular complexity index is 936. The van der Waals surface area contributed by atoms with E-state index in [1.165, 1.54) is 32.1 Å². The second-order valence-corrected chi connectivity index (χ2v) is 8.50. The van der Waals surface area contributed by atoms with Crippen LogP contribution in [0.5, 0.6) is 5.75 Å². The third-order valence-electron chi connectivity index (χ3n) is 5.23. The number of amides is 1. The van der Waals surface area contributed by atoms with E-state index in [0.717, 1.165) is 4.88 Å². The van der Waals surface area contributed by atoms with Gasteiger partial charge in [-0.3, -0.25) is 4.79 Å². The molecule has 0 saturated heterocycles. The molecule has 0 unspecified atom stereocenters. The number of anilines is 1. The van der Waals surface area contributed by atoms with Crippen molar-refractivity contribution in [1.29, 1.82) is 0 Å². The Kier molecular flexibility index (Phi) is 7.07. The molecule has 7 nitrogen and oxygen atoms in total. The van der Waals surface area contributed by atoms with E-state index < -0.39 is 0 Å². The van der Waals surface area contributed by atoms with Crippen LogP contribution >= 0.6 is 11.3 Å². The summed E-state index contributed by atoms with van der Waals surface area (Å²) in [7, 11) is 0. The van der Waals surface area contributed by atoms with E-state index >= 15 is 0 Å². The maximum atomic E-state index is 12.4. The number of thiophene rings is 1. The zero-order valence-corrected chi connectivity index (χ0v) is 17.7. The smallest absolute Gasteiger partial charge is 0.226 e. The van der Waals surface area contributed by atoms with Crippen molar-refractivity contribution in [3.8, 4) is 16.5 Å². The normalized spacial score (nSPS) is 14.5. The molecule has 158 valence electrons. The molecular formula is C22H26N4O3S. The molecule has 3 aromatic rings. The predicted molar refractivity (Wildman–Crippen MR) is 115 cm³/mol. The highest BCUT2D eigenvalue weighted by Gasteiger charge is 2.16. The molecule has 0 bridgehead atoms. The summed E-state index contributed by atoms with van der Waals surface area (Å²) >= 11 is 1.57. The summed E-state index contributed by atoms with van der Waals surface area (Å²) in [5.41, 5.74) is 0. The van der Waals surface area contributed by atoms with Crippen LogP contribution in [0.2, 0.25) is 0 Å². The zero-order valence-electron chi connectivity index (χ0n) is 16.9. The number of aryl methyl sites for hydroxylation is 1. The number of nitrogens with zero attached hydrogens (tertiary/aromatic N) is 3. The van der Waals surface area contributed by atoms with Gasteiger partial charge in [0.25, 0.3) is 0 Å². The molecule has 0 aromatic carbocycles. The molecule has 4 rings (SSSR count). The number of aromatic nitrogens is 3. The van der Waals surface area contributed by atoms with Crippen molar-refractivity contribution < 1.29 is 14.1 Å². The van der Waals surface area contributed by atoms with E-state index in [2.05, 4.69) is 20.4 Å². The second kappa shape index (κ2) is 10.3. The fourth-order valence-electron chi connectivity index (χ4n) is 3.62. The van der Waals surface area contributed by atoms with Crippen molar-refractivity contribution in [2.75, 3.05) is 11.9 Å². The van der Waals surface area contributed by atoms with Gasteiger partial charge in [-0.15, -0.1) is 11.3 Å². The third kappa shape index (κ3) is 5.66. The van der Waals surface area contributed by atoms with Gasteiger partial charge in [-0.1, -0.05) is 30.5 Å². The summed E-state index contributed by atoms with van der Waals surface area (Å²) in [6.45, 7) is 0.679. The summed E-state index contributed by atoms with van der Waals surface area (Å²) < 4.78 is 11.3. The molecule has 0 aliphatic heterocycles. The Morgan fingerprint density at radius 2 is 2.13 bits per heavy atom. The van der Waals surface area contributed by atoms with Gasteiger partial charge < -0.3 is 14.6 Å². The molecule has 3 aromatic heterocycles. The molecule has 1 saturated carbocycles. The van der Waals surface area contributed by atoms with E-state index in [9.17, 15) is 4.79 Å². The van der Waals surface area contributed by atoms with Crippen LogP contribution in [0.15, 0.2) is 40.4 Å². The maximum absolute atomic E-state index is 12.4. The quantitative estimate of drug-likeness (QED) is 0.511. The standard InChI is InChI=1S/C22H26N4O3S/c27-19(11-4-12-20-25-22(26-29-20)18-10-6-14-30-18)24-21-17(9-5-13-23-21)28-15-16-7-2-1-3-8-16/h5-6,9-10,13-14,16H,1-4,7-8,11-12,15H2,(H,23,24,27). The first kappa shape index (κ1) is 20.5. The lowest BCUT2D eigenvalue weighted by Crippen LogP contribution is -2.17. The molecule has 0 atom stereocenters. The van der Waals surface area contributed by atoms with Crippen LogP contribution in [0.4, 0.5) is 5.82 Å². The Morgan fingerprint density at radius 1 is 1.23 bits per heavy atom. The van der Waals surface area contributed by atoms with Gasteiger partial charge in [0.1, 0.15) is 0 Å². The number of pyridine rings is 1. The summed E-state index contributed by atoms with van der Waals surface area (Å²) in [6.07, 6.45) is 9.48. The molecule has 1 fully saturated rings. The number of carbonyl (C=O) groups excluding carboxylic acids is 1. The van der Waals surface area contributed by atoms with Crippen molar-refractivity contribution in [3.63, 3.8) is 0 Å². The summed E-state index contributed by atoms with van der Waals surface area (Å²) in [4.78, 5) is 22.0. The van der Waals surface area contributed by atoms with Crippen molar-refractivity contribution in [2.45, 2.75) is 51.4 Å². The monoisotopic (exact) mass is 426 g/mol. The SMILES string of the molecule is O=C(CCCc1nc(-c2cccs2)no1)Nc1ncccc1OCC1CCCCC1. The number of hydrogen-bond acceptors (Lipinski definition) is 7. The maximum Gasteiger partial charge on any atom is 0.226 e. The molecular weight excluding hydrogens is 400 g/mol. The van der Waals surface area contributed by atoms with Gasteiger partial charge in [-0.25, -0.2) is 4.98 Å². The van der Waals surface area contributed by atoms with Crippen LogP contribution in [0.1, 0.15) is 50.8 Å². The van der Waals surface area contributed by atoms with Crippen LogP contribution in [-0.2, 0) is 11.2 Å². The van der Waals surface area contributed by atoms with E-state index in [4.69, 9.17) is 9.26 Å². The number of hydrogen-bond donors (Lipinski definition) is 1. The molecule has 1 amide bonds. The van der Waals surface area contributed by atoms with Gasteiger partial charge in [-0.05, 0) is 48.8 Å². The Hall–Kier alpha value is -2.74. The van der Waals surface area contributed by atoms with Gasteiger partial charge in [0.05, 0.1) is 11.5 Å². The number of rotatable bonds is 9. The second-order valence-electron chi connectivity index (χ2n) is 7.56. The highest BCUT2D eigenvalue weighted by molar-refractivity contribution is 7.13. The van der Waals surface area contributed by atoms with Crippen LogP contribution < -0.4 is 10.1 Å². The molecule has 0 spiro atoms. The van der Waals surface area contributed by atoms with Gasteiger partial charge in [0.15, 0.2) is 11.6 Å². The molecule has 0 radical (unpaired) electrons. The molecule has 3 heterocycles. The average Bonchev–Trinajstić information content (AvgIpc) is 3.46. The van der Waals surface area contributed by atoms with Crippen LogP contribution in [0.3, 0.4) is 0 Å². The average molecular weight is 427 g/mol. The lowest BCUT2D eigenvalue weighted by Gasteiger charge is -2.22. The number of ether oxygens (including phenoxy) is 1. The minimum atomic E-state index is -0.103. The highest BCUT2D eigenvalue weighted by Crippen LogP contribution is 2.27. The van der Waals surface area contributed by atoms with E-state index in [1.807, 2.05) is 29.6 Å². The topological polar surface area (TPSA) is 90.1 Å². The zero-order chi connectivity index (χ0) is 20.6. The molecule has 30 heavy (non-hydrogen) atoms. The predicted octanol–water partition coefficient (Wildman–Crippen LogP) is 5.11. The van der Waals surface area contributed by atoms with Crippen molar-refractivity contribution in [3.05, 3.63) is 41.7 Å². The van der Waals surface area contributed by atoms with E-state index in [-0.39, 0.29) is 5.91 Å². The number of carbonyl (C=O) groups is 1. The first-order valence-electron chi connectivity index (χ1n) is 10.5. The minimum absolute atomic E-state index is 0.103. The first-order valence-corrected chi connectivity index (χ1v) is 11.4. The molecule has 1 aliphatic rings. The molecule has 8 heteroatoms. The fourth-order valence-corrected chi connectivity index (χ4v) is 4.27. The summed E-state index contributed by atoms with van der Waals surface area (Å²) in [5, 5.41) is 8.84. The highest BCUT2D eigenvalue weighted by atomic mass is 32.1. The summed E-state index contributed by atoms with van der Waals surface area (Å²) in [6, 6.07) is 7.58. The van der Waals surface area contributed by atoms with Crippen molar-refractivity contribution in [2.24, 2.45) is 5.92 Å². The van der Waals surface area contributed by atoms with E-state index in [0.29, 0.717) is 55.1 Å². The minimum Gasteiger partial charge on any atom is -0.489 e. The van der Waals surface area contributed by atoms with Crippen molar-refractivity contribution in [1.82, 2.24) is 15.1 Å². The van der Waals surface area contributed by atoms with Gasteiger partial charge in [-0.2, -0.15) is 4.98 Å². The van der Waals surface area contributed by atoms with Crippen LogP contribution in [0.25, 0.3) is 10.7 Å². The van der Waals surface area contributed by atoms with Gasteiger partial charge >= 0.3 is 0 Å². The Labute approximate surface area is 179 Å². The fraction of sp³-hybridized carbons (Fsp3) is 0.455.